The lowest BCUT2D eigenvalue weighted by Gasteiger charge is -2.30. The summed E-state index contributed by atoms with van der Waals surface area (Å²) in [7, 11) is 0. The second kappa shape index (κ2) is 14.9. The Hall–Kier alpha value is -3.67. The lowest BCUT2D eigenvalue weighted by molar-refractivity contribution is -0.142. The van der Waals surface area contributed by atoms with Gasteiger partial charge in [0.2, 0.25) is 23.6 Å². The van der Waals surface area contributed by atoms with Gasteiger partial charge < -0.3 is 38.1 Å². The Morgan fingerprint density at radius 2 is 1.71 bits per heavy atom. The zero-order chi connectivity index (χ0) is 28.2. The Bertz CT molecular complexity index is 981. The first-order valence-electron chi connectivity index (χ1n) is 13.1. The van der Waals surface area contributed by atoms with Crippen molar-refractivity contribution in [1.29, 1.82) is 0 Å². The summed E-state index contributed by atoms with van der Waals surface area (Å²) in [4.78, 5) is 56.8. The fourth-order valence-electron chi connectivity index (χ4n) is 4.40. The summed E-state index contributed by atoms with van der Waals surface area (Å²) in [5, 5.41) is 8.77. The number of rotatable bonds is 14. The van der Waals surface area contributed by atoms with Crippen LogP contribution in [0.1, 0.15) is 52.0 Å². The molecule has 9 N–H and O–H groups in total. The highest BCUT2D eigenvalue weighted by Gasteiger charge is 2.38. The molecule has 0 aliphatic carbocycles. The Kier molecular flexibility index (Phi) is 12.0. The number of aliphatic imine (C=N–C) groups is 1. The van der Waals surface area contributed by atoms with Gasteiger partial charge >= 0.3 is 0 Å². The topological polar surface area (TPSA) is 198 Å². The number of guanidine groups is 1. The first kappa shape index (κ1) is 30.6. The van der Waals surface area contributed by atoms with Crippen molar-refractivity contribution in [3.63, 3.8) is 0 Å². The molecule has 0 aromatic heterocycles. The van der Waals surface area contributed by atoms with Crippen molar-refractivity contribution in [2.24, 2.45) is 22.2 Å². The van der Waals surface area contributed by atoms with Crippen LogP contribution >= 0.6 is 0 Å². The number of primary amides is 1. The quantitative estimate of drug-likeness (QED) is 0.102. The predicted molar refractivity (Wildman–Crippen MR) is 146 cm³/mol. The number of carbonyl (C=O) groups excluding carboxylic acids is 4. The van der Waals surface area contributed by atoms with Gasteiger partial charge in [-0.1, -0.05) is 44.2 Å². The third kappa shape index (κ3) is 9.66. The van der Waals surface area contributed by atoms with E-state index < -0.39 is 36.0 Å². The van der Waals surface area contributed by atoms with E-state index >= 15 is 0 Å². The van der Waals surface area contributed by atoms with E-state index in [9.17, 15) is 19.2 Å². The van der Waals surface area contributed by atoms with Gasteiger partial charge in [-0.3, -0.25) is 24.2 Å². The minimum atomic E-state index is -0.883. The van der Waals surface area contributed by atoms with Crippen LogP contribution < -0.4 is 33.2 Å². The summed E-state index contributed by atoms with van der Waals surface area (Å²) < 4.78 is 0. The van der Waals surface area contributed by atoms with Crippen LogP contribution in [-0.4, -0.2) is 77.8 Å². The molecule has 1 aromatic rings. The fourth-order valence-corrected chi connectivity index (χ4v) is 4.40. The second-order valence-corrected chi connectivity index (χ2v) is 9.90. The molecule has 210 valence electrons. The van der Waals surface area contributed by atoms with Crippen molar-refractivity contribution in [3.05, 3.63) is 35.9 Å². The normalized spacial score (nSPS) is 17.4. The molecule has 0 spiro atoms. The highest BCUT2D eigenvalue weighted by molar-refractivity contribution is 5.95. The maximum absolute atomic E-state index is 13.7. The lowest BCUT2D eigenvalue weighted by atomic mass is 10.0. The number of nitrogens with zero attached hydrogens (tertiary/aromatic N) is 2. The Balaban J connectivity index is 2.21. The van der Waals surface area contributed by atoms with Crippen molar-refractivity contribution in [2.75, 3.05) is 13.1 Å². The highest BCUT2D eigenvalue weighted by atomic mass is 16.2. The highest BCUT2D eigenvalue weighted by Crippen LogP contribution is 2.20. The van der Waals surface area contributed by atoms with Crippen LogP contribution in [-0.2, 0) is 25.6 Å². The van der Waals surface area contributed by atoms with Crippen LogP contribution in [0.25, 0.3) is 0 Å². The average Bonchev–Trinajstić information content (AvgIpc) is 3.35. The molecule has 0 bridgehead atoms. The van der Waals surface area contributed by atoms with Gasteiger partial charge in [0.25, 0.3) is 0 Å². The van der Waals surface area contributed by atoms with Crippen molar-refractivity contribution >= 4 is 29.6 Å². The third-order valence-electron chi connectivity index (χ3n) is 6.32. The molecule has 4 atom stereocenters. The second-order valence-electron chi connectivity index (χ2n) is 9.90. The Morgan fingerprint density at radius 1 is 1.03 bits per heavy atom. The number of hydrogen-bond donors (Lipinski definition) is 6. The van der Waals surface area contributed by atoms with Gasteiger partial charge in [-0.25, -0.2) is 0 Å². The van der Waals surface area contributed by atoms with Gasteiger partial charge in [0, 0.05) is 19.1 Å². The molecule has 12 heteroatoms. The molecular weight excluding hydrogens is 488 g/mol. The van der Waals surface area contributed by atoms with Gasteiger partial charge in [-0.2, -0.15) is 0 Å². The SMILES string of the molecule is CC(C)N[C@@H](Cc1ccccc1)C(=O)N[C@@H](CCCN=C(N)N)C(=O)N1CCC[C@H]1C(=O)N[C@H](C)C(N)=O. The number of nitrogens with one attached hydrogen (secondary N) is 3. The number of benzene rings is 1. The molecule has 1 heterocycles. The van der Waals surface area contributed by atoms with Crippen molar-refractivity contribution in [1.82, 2.24) is 20.9 Å². The predicted octanol–water partition coefficient (Wildman–Crippen LogP) is -0.885. The first-order valence-corrected chi connectivity index (χ1v) is 13.1. The van der Waals surface area contributed by atoms with Crippen molar-refractivity contribution < 1.29 is 19.2 Å². The molecule has 1 aliphatic heterocycles. The monoisotopic (exact) mass is 530 g/mol. The molecule has 12 nitrogen and oxygen atoms in total. The zero-order valence-corrected chi connectivity index (χ0v) is 22.5. The van der Waals surface area contributed by atoms with Gasteiger partial charge in [-0.05, 0) is 44.6 Å². The molecule has 2 rings (SSSR count). The van der Waals surface area contributed by atoms with Gasteiger partial charge in [0.1, 0.15) is 18.1 Å². The average molecular weight is 531 g/mol. The largest absolute Gasteiger partial charge is 0.370 e. The molecule has 0 radical (unpaired) electrons. The molecule has 0 unspecified atom stereocenters. The lowest BCUT2D eigenvalue weighted by Crippen LogP contribution is -2.57. The maximum Gasteiger partial charge on any atom is 0.245 e. The minimum absolute atomic E-state index is 0.0318. The van der Waals surface area contributed by atoms with Crippen molar-refractivity contribution in [3.8, 4) is 0 Å². The first-order chi connectivity index (χ1) is 18.0. The minimum Gasteiger partial charge on any atom is -0.370 e. The number of likely N-dealkylation sites (tertiary alicyclic amines) is 1. The standard InChI is InChI=1S/C26H42N8O4/c1-16(2)31-20(15-18-9-5-4-6-10-18)23(36)33-19(11-7-13-30-26(28)29)25(38)34-14-8-12-21(34)24(37)32-17(3)22(27)35/h4-6,9-10,16-17,19-21,31H,7-8,11-15H2,1-3H3,(H2,27,35)(H,32,37)(H,33,36)(H4,28,29,30)/t17-,19+,20+,21+/m1/s1. The summed E-state index contributed by atoms with van der Waals surface area (Å²) in [6, 6.07) is 6.58. The van der Waals surface area contributed by atoms with Crippen molar-refractivity contribution in [2.45, 2.75) is 83.1 Å². The van der Waals surface area contributed by atoms with Crippen LogP contribution in [0.3, 0.4) is 0 Å². The molecule has 1 fully saturated rings. The summed E-state index contributed by atoms with van der Waals surface area (Å²) in [5.74, 6) is -1.85. The van der Waals surface area contributed by atoms with Gasteiger partial charge in [0.05, 0.1) is 6.04 Å². The smallest absolute Gasteiger partial charge is 0.245 e. The fraction of sp³-hybridized carbons (Fsp3) is 0.577. The van der Waals surface area contributed by atoms with E-state index in [-0.39, 0.29) is 30.2 Å². The Labute approximate surface area is 224 Å². The molecule has 0 saturated carbocycles. The number of amides is 4. The van der Waals surface area contributed by atoms with E-state index in [0.717, 1.165) is 5.56 Å². The summed E-state index contributed by atoms with van der Waals surface area (Å²) >= 11 is 0. The summed E-state index contributed by atoms with van der Waals surface area (Å²) in [6.45, 7) is 6.04. The third-order valence-corrected chi connectivity index (χ3v) is 6.32. The number of hydrogen-bond acceptors (Lipinski definition) is 6. The van der Waals surface area contributed by atoms with E-state index in [1.165, 1.54) is 11.8 Å². The maximum atomic E-state index is 13.7. The van der Waals surface area contributed by atoms with Crippen LogP contribution in [0.5, 0.6) is 0 Å². The van der Waals surface area contributed by atoms with Crippen LogP contribution in [0.15, 0.2) is 35.3 Å². The van der Waals surface area contributed by atoms with E-state index in [1.807, 2.05) is 44.2 Å². The van der Waals surface area contributed by atoms with Gasteiger partial charge in [-0.15, -0.1) is 0 Å². The Morgan fingerprint density at radius 3 is 2.32 bits per heavy atom. The van der Waals surface area contributed by atoms with E-state index in [0.29, 0.717) is 38.8 Å². The molecule has 38 heavy (non-hydrogen) atoms. The van der Waals surface area contributed by atoms with Gasteiger partial charge in [0.15, 0.2) is 5.96 Å². The van der Waals surface area contributed by atoms with Crippen LogP contribution in [0.2, 0.25) is 0 Å². The molecule has 1 aliphatic rings. The summed E-state index contributed by atoms with van der Waals surface area (Å²) in [6.07, 6.45) is 2.24. The molecule has 4 amide bonds. The van der Waals surface area contributed by atoms with E-state index in [4.69, 9.17) is 17.2 Å². The van der Waals surface area contributed by atoms with E-state index in [2.05, 4.69) is 20.9 Å². The molecular formula is C26H42N8O4. The van der Waals surface area contributed by atoms with E-state index in [1.54, 1.807) is 0 Å². The number of nitrogens with two attached hydrogens (primary N) is 3. The molecule has 1 saturated heterocycles. The number of carbonyl (C=O) groups is 4. The zero-order valence-electron chi connectivity index (χ0n) is 22.5. The molecule has 1 aromatic carbocycles. The van der Waals surface area contributed by atoms with Crippen LogP contribution in [0.4, 0.5) is 0 Å². The van der Waals surface area contributed by atoms with Crippen LogP contribution in [0, 0.1) is 0 Å². The summed E-state index contributed by atoms with van der Waals surface area (Å²) in [5.41, 5.74) is 17.1.